The second-order valence-corrected chi connectivity index (χ2v) is 6.43. The molecule has 1 aromatic rings. The van der Waals surface area contributed by atoms with E-state index in [-0.39, 0.29) is 0 Å². The molecule has 4 nitrogen and oxygen atoms in total. The van der Waals surface area contributed by atoms with E-state index < -0.39 is 0 Å². The third-order valence-electron chi connectivity index (χ3n) is 5.27. The number of anilines is 2. The quantitative estimate of drug-likeness (QED) is 0.838. The Labute approximate surface area is 107 Å². The van der Waals surface area contributed by atoms with Crippen LogP contribution in [0.5, 0.6) is 0 Å². The van der Waals surface area contributed by atoms with Crippen molar-refractivity contribution in [1.82, 2.24) is 9.97 Å². The number of hydrogen-bond donors (Lipinski definition) is 2. The molecular weight excluding hydrogens is 224 g/mol. The van der Waals surface area contributed by atoms with Crippen LogP contribution < -0.4 is 11.1 Å². The Morgan fingerprint density at radius 1 is 1.06 bits per heavy atom. The molecule has 1 aromatic heterocycles. The van der Waals surface area contributed by atoms with E-state index in [1.165, 1.54) is 32.1 Å². The molecule has 3 N–H and O–H groups in total. The van der Waals surface area contributed by atoms with Crippen molar-refractivity contribution in [2.75, 3.05) is 11.1 Å². The Morgan fingerprint density at radius 2 is 1.72 bits per heavy atom. The number of nitrogen functional groups attached to an aromatic ring is 1. The highest BCUT2D eigenvalue weighted by Gasteiger charge is 2.48. The maximum atomic E-state index is 5.94. The molecule has 4 aliphatic rings. The van der Waals surface area contributed by atoms with Crippen molar-refractivity contribution in [3.05, 3.63) is 12.5 Å². The van der Waals surface area contributed by atoms with Gasteiger partial charge in [0.05, 0.1) is 11.9 Å². The van der Waals surface area contributed by atoms with Crippen LogP contribution in [0.2, 0.25) is 0 Å². The second kappa shape index (κ2) is 3.84. The molecule has 1 heterocycles. The minimum Gasteiger partial charge on any atom is -0.394 e. The fraction of sp³-hybridized carbons (Fsp3) is 0.714. The number of hydrogen-bond acceptors (Lipinski definition) is 4. The highest BCUT2D eigenvalue weighted by molar-refractivity contribution is 5.59. The standard InChI is InChI=1S/C14H20N4/c15-12-6-16-7-17-14(12)18-13-10-2-8-1-9(4-10)5-11(13)3-8/h6-11,13H,1-5,15H2,(H,16,17,18). The summed E-state index contributed by atoms with van der Waals surface area (Å²) in [5.74, 6) is 4.54. The molecule has 0 aromatic carbocycles. The van der Waals surface area contributed by atoms with Crippen molar-refractivity contribution < 1.29 is 0 Å². The summed E-state index contributed by atoms with van der Waals surface area (Å²) >= 11 is 0. The first-order valence-electron chi connectivity index (χ1n) is 7.11. The van der Waals surface area contributed by atoms with Crippen LogP contribution in [0.15, 0.2) is 12.5 Å². The van der Waals surface area contributed by atoms with Crippen LogP contribution in [0.4, 0.5) is 11.5 Å². The average Bonchev–Trinajstić information content (AvgIpc) is 2.35. The zero-order valence-electron chi connectivity index (χ0n) is 10.5. The normalized spacial score (nSPS) is 41.0. The highest BCUT2D eigenvalue weighted by atomic mass is 15.1. The molecule has 4 bridgehead atoms. The van der Waals surface area contributed by atoms with Crippen LogP contribution in [0, 0.1) is 23.7 Å². The lowest BCUT2D eigenvalue weighted by atomic mass is 9.54. The molecule has 4 saturated carbocycles. The van der Waals surface area contributed by atoms with E-state index >= 15 is 0 Å². The summed E-state index contributed by atoms with van der Waals surface area (Å²) in [5.41, 5.74) is 6.61. The predicted molar refractivity (Wildman–Crippen MR) is 70.9 cm³/mol. The molecule has 0 atom stereocenters. The number of nitrogens with two attached hydrogens (primary N) is 1. The predicted octanol–water partition coefficient (Wildman–Crippen LogP) is 2.30. The summed E-state index contributed by atoms with van der Waals surface area (Å²) in [5, 5.41) is 3.62. The lowest BCUT2D eigenvalue weighted by molar-refractivity contribution is 0.00744. The Balaban J connectivity index is 1.57. The van der Waals surface area contributed by atoms with Crippen molar-refractivity contribution in [2.24, 2.45) is 23.7 Å². The van der Waals surface area contributed by atoms with Gasteiger partial charge in [0, 0.05) is 6.04 Å². The van der Waals surface area contributed by atoms with E-state index in [4.69, 9.17) is 5.73 Å². The molecule has 18 heavy (non-hydrogen) atoms. The fourth-order valence-electron chi connectivity index (χ4n) is 4.78. The van der Waals surface area contributed by atoms with Gasteiger partial charge in [-0.3, -0.25) is 0 Å². The molecule has 96 valence electrons. The Bertz CT molecular complexity index is 431. The Hall–Kier alpha value is -1.32. The van der Waals surface area contributed by atoms with Crippen LogP contribution in [0.25, 0.3) is 0 Å². The van der Waals surface area contributed by atoms with E-state index in [0.29, 0.717) is 11.7 Å². The third-order valence-corrected chi connectivity index (χ3v) is 5.27. The van der Waals surface area contributed by atoms with Gasteiger partial charge in [0.1, 0.15) is 6.33 Å². The summed E-state index contributed by atoms with van der Waals surface area (Å²) in [4.78, 5) is 8.24. The Morgan fingerprint density at radius 3 is 2.33 bits per heavy atom. The minimum atomic E-state index is 0.593. The molecule has 0 spiro atoms. The molecule has 0 saturated heterocycles. The van der Waals surface area contributed by atoms with Crippen LogP contribution in [-0.2, 0) is 0 Å². The zero-order valence-corrected chi connectivity index (χ0v) is 10.5. The summed E-state index contributed by atoms with van der Waals surface area (Å²) < 4.78 is 0. The lowest BCUT2D eigenvalue weighted by Crippen LogP contribution is -2.51. The van der Waals surface area contributed by atoms with Crippen molar-refractivity contribution in [3.63, 3.8) is 0 Å². The molecule has 5 rings (SSSR count). The second-order valence-electron chi connectivity index (χ2n) is 6.43. The zero-order chi connectivity index (χ0) is 12.1. The molecule has 4 fully saturated rings. The molecule has 0 aliphatic heterocycles. The molecule has 0 radical (unpaired) electrons. The van der Waals surface area contributed by atoms with Gasteiger partial charge in [-0.05, 0) is 55.8 Å². The van der Waals surface area contributed by atoms with Crippen molar-refractivity contribution in [3.8, 4) is 0 Å². The SMILES string of the molecule is Nc1cncnc1NC1C2CC3CC(C2)CC1C3. The van der Waals surface area contributed by atoms with Gasteiger partial charge in [-0.25, -0.2) is 9.97 Å². The first-order chi connectivity index (χ1) is 8.79. The largest absolute Gasteiger partial charge is 0.394 e. The summed E-state index contributed by atoms with van der Waals surface area (Å²) in [6.45, 7) is 0. The summed E-state index contributed by atoms with van der Waals surface area (Å²) in [6, 6.07) is 0.593. The maximum Gasteiger partial charge on any atom is 0.152 e. The number of rotatable bonds is 2. The first-order valence-corrected chi connectivity index (χ1v) is 7.11. The number of nitrogens with one attached hydrogen (secondary N) is 1. The van der Waals surface area contributed by atoms with Crippen molar-refractivity contribution in [1.29, 1.82) is 0 Å². The van der Waals surface area contributed by atoms with Crippen LogP contribution in [0.1, 0.15) is 32.1 Å². The summed E-state index contributed by atoms with van der Waals surface area (Å²) in [7, 11) is 0. The van der Waals surface area contributed by atoms with Gasteiger partial charge in [-0.1, -0.05) is 0 Å². The maximum absolute atomic E-state index is 5.94. The van der Waals surface area contributed by atoms with E-state index in [1.807, 2.05) is 0 Å². The average molecular weight is 244 g/mol. The van der Waals surface area contributed by atoms with Gasteiger partial charge in [0.15, 0.2) is 5.82 Å². The van der Waals surface area contributed by atoms with Gasteiger partial charge in [0.25, 0.3) is 0 Å². The van der Waals surface area contributed by atoms with Gasteiger partial charge >= 0.3 is 0 Å². The number of nitrogens with zero attached hydrogens (tertiary/aromatic N) is 2. The Kier molecular flexibility index (Phi) is 2.26. The van der Waals surface area contributed by atoms with Crippen LogP contribution in [-0.4, -0.2) is 16.0 Å². The van der Waals surface area contributed by atoms with Gasteiger partial charge in [0.2, 0.25) is 0 Å². The van der Waals surface area contributed by atoms with Crippen LogP contribution in [0.3, 0.4) is 0 Å². The molecule has 0 unspecified atom stereocenters. The molecular formula is C14H20N4. The highest BCUT2D eigenvalue weighted by Crippen LogP contribution is 2.54. The van der Waals surface area contributed by atoms with E-state index in [1.54, 1.807) is 12.5 Å². The summed E-state index contributed by atoms with van der Waals surface area (Å²) in [6.07, 6.45) is 10.4. The third kappa shape index (κ3) is 1.58. The van der Waals surface area contributed by atoms with Gasteiger partial charge < -0.3 is 11.1 Å². The van der Waals surface area contributed by atoms with Crippen molar-refractivity contribution >= 4 is 11.5 Å². The fourth-order valence-corrected chi connectivity index (χ4v) is 4.78. The number of aromatic nitrogens is 2. The molecule has 4 heteroatoms. The van der Waals surface area contributed by atoms with E-state index in [2.05, 4.69) is 15.3 Å². The van der Waals surface area contributed by atoms with Gasteiger partial charge in [-0.15, -0.1) is 0 Å². The van der Waals surface area contributed by atoms with Crippen LogP contribution >= 0.6 is 0 Å². The molecule has 4 aliphatic carbocycles. The molecule has 0 amide bonds. The first kappa shape index (κ1) is 10.6. The monoisotopic (exact) mass is 244 g/mol. The topological polar surface area (TPSA) is 63.8 Å². The van der Waals surface area contributed by atoms with E-state index in [9.17, 15) is 0 Å². The van der Waals surface area contributed by atoms with E-state index in [0.717, 1.165) is 29.5 Å². The lowest BCUT2D eigenvalue weighted by Gasteiger charge is -2.54. The minimum absolute atomic E-state index is 0.593. The van der Waals surface area contributed by atoms with Crippen molar-refractivity contribution in [2.45, 2.75) is 38.1 Å². The smallest absolute Gasteiger partial charge is 0.152 e. The van der Waals surface area contributed by atoms with Gasteiger partial charge in [-0.2, -0.15) is 0 Å².